The molecule has 1 saturated carbocycles. The summed E-state index contributed by atoms with van der Waals surface area (Å²) in [6.45, 7) is 8.87. The fraction of sp³-hybridized carbons (Fsp3) is 0.667. The molecular weight excluding hydrogens is 469 g/mol. The number of hydrogen-bond donors (Lipinski definition) is 2. The minimum absolute atomic E-state index is 0.0297. The maximum absolute atomic E-state index is 12.6. The summed E-state index contributed by atoms with van der Waals surface area (Å²) in [6.07, 6.45) is 5.85. The fourth-order valence-corrected chi connectivity index (χ4v) is 5.34. The number of aromatic nitrogens is 3. The van der Waals surface area contributed by atoms with Gasteiger partial charge in [-0.3, -0.25) is 4.79 Å². The van der Waals surface area contributed by atoms with Gasteiger partial charge < -0.3 is 24.8 Å². The number of carbonyl (C=O) groups excluding carboxylic acids is 1. The van der Waals surface area contributed by atoms with Gasteiger partial charge in [0.05, 0.1) is 12.0 Å². The number of nitrogens with zero attached hydrogens (tertiary/aromatic N) is 4. The Bertz CT molecular complexity index is 1060. The first-order valence-corrected chi connectivity index (χ1v) is 13.8. The molecule has 2 aromatic heterocycles. The van der Waals surface area contributed by atoms with Crippen LogP contribution in [0, 0.1) is 5.92 Å². The Balaban J connectivity index is 1.52. The molecule has 2 fully saturated rings. The highest BCUT2D eigenvalue weighted by Gasteiger charge is 2.30. The second-order valence-electron chi connectivity index (χ2n) is 10.3. The average molecular weight is 506 g/mol. The largest absolute Gasteiger partial charge is 0.489 e. The Labute approximate surface area is 207 Å². The third kappa shape index (κ3) is 6.15. The van der Waals surface area contributed by atoms with Crippen molar-refractivity contribution < 1.29 is 24.2 Å². The molecule has 2 aromatic rings. The molecule has 11 heteroatoms. The van der Waals surface area contributed by atoms with Crippen molar-refractivity contribution in [3.63, 3.8) is 0 Å². The smallest absolute Gasteiger partial charge is 0.410 e. The van der Waals surface area contributed by atoms with E-state index in [0.717, 1.165) is 23.9 Å². The summed E-state index contributed by atoms with van der Waals surface area (Å²) in [7, 11) is 0.397. The number of carboxylic acid groups (broad SMARTS) is 1. The number of pyridine rings is 1. The van der Waals surface area contributed by atoms with Gasteiger partial charge in [0.25, 0.3) is 0 Å². The third-order valence-electron chi connectivity index (χ3n) is 6.47. The normalized spacial score (nSPS) is 23.5. The first kappa shape index (κ1) is 25.5. The van der Waals surface area contributed by atoms with Crippen LogP contribution in [0.5, 0.6) is 5.75 Å². The lowest BCUT2D eigenvalue weighted by Gasteiger charge is -2.34. The van der Waals surface area contributed by atoms with Crippen molar-refractivity contribution in [1.29, 1.82) is 0 Å². The van der Waals surface area contributed by atoms with Crippen molar-refractivity contribution in [3.05, 3.63) is 12.3 Å². The van der Waals surface area contributed by atoms with E-state index in [-0.39, 0.29) is 24.2 Å². The predicted octanol–water partition coefficient (Wildman–Crippen LogP) is 4.34. The molecule has 192 valence electrons. The van der Waals surface area contributed by atoms with Gasteiger partial charge in [-0.1, -0.05) is 0 Å². The number of nitrogens with one attached hydrogen (secondary N) is 1. The molecule has 2 aliphatic rings. The number of anilines is 1. The molecule has 1 saturated heterocycles. The summed E-state index contributed by atoms with van der Waals surface area (Å²) in [5.41, 5.74) is 0.223. The molecule has 1 aliphatic heterocycles. The lowest BCUT2D eigenvalue weighted by atomic mass is 9.87. The highest BCUT2D eigenvalue weighted by Crippen LogP contribution is 2.37. The number of ether oxygens (including phenoxy) is 2. The molecule has 4 rings (SSSR count). The number of rotatable bonds is 6. The van der Waals surface area contributed by atoms with E-state index in [0.29, 0.717) is 59.1 Å². The summed E-state index contributed by atoms with van der Waals surface area (Å²) >= 11 is 0. The maximum Gasteiger partial charge on any atom is 0.410 e. The van der Waals surface area contributed by atoms with Crippen molar-refractivity contribution in [1.82, 2.24) is 19.4 Å². The molecule has 1 unspecified atom stereocenters. The van der Waals surface area contributed by atoms with Crippen LogP contribution < -0.4 is 10.1 Å². The molecule has 3 heterocycles. The van der Waals surface area contributed by atoms with Crippen molar-refractivity contribution in [2.24, 2.45) is 5.92 Å². The third-order valence-corrected chi connectivity index (χ3v) is 7.21. The van der Waals surface area contributed by atoms with E-state index in [4.69, 9.17) is 14.6 Å². The highest BCUT2D eigenvalue weighted by molar-refractivity contribution is 7.35. The number of hydrogen-bond acceptors (Lipinski definition) is 7. The number of fused-ring (bicyclic) bond motifs is 1. The van der Waals surface area contributed by atoms with Crippen LogP contribution in [0.4, 0.5) is 10.6 Å². The average Bonchev–Trinajstić information content (AvgIpc) is 3.17. The van der Waals surface area contributed by atoms with E-state index in [9.17, 15) is 14.7 Å². The lowest BCUT2D eigenvalue weighted by Crippen LogP contribution is -2.47. The van der Waals surface area contributed by atoms with Gasteiger partial charge in [0.2, 0.25) is 0 Å². The summed E-state index contributed by atoms with van der Waals surface area (Å²) in [5, 5.41) is 18.5. The van der Waals surface area contributed by atoms with Gasteiger partial charge in [-0.15, -0.1) is 5.10 Å². The Hall–Kier alpha value is -2.61. The van der Waals surface area contributed by atoms with Crippen LogP contribution in [0.1, 0.15) is 59.3 Å². The van der Waals surface area contributed by atoms with Gasteiger partial charge >= 0.3 is 12.1 Å². The molecule has 35 heavy (non-hydrogen) atoms. The van der Waals surface area contributed by atoms with Crippen molar-refractivity contribution in [2.45, 2.75) is 77.0 Å². The van der Waals surface area contributed by atoms with Crippen LogP contribution in [0.15, 0.2) is 12.3 Å². The fourth-order valence-electron chi connectivity index (χ4n) is 4.76. The Morgan fingerprint density at radius 1 is 1.20 bits per heavy atom. The Kier molecular flexibility index (Phi) is 7.69. The van der Waals surface area contributed by atoms with Gasteiger partial charge in [0.1, 0.15) is 16.7 Å². The van der Waals surface area contributed by atoms with Gasteiger partial charge in [-0.05, 0) is 72.0 Å². The summed E-state index contributed by atoms with van der Waals surface area (Å²) in [6, 6.07) is 1.89. The zero-order chi connectivity index (χ0) is 25.2. The van der Waals surface area contributed by atoms with Crippen molar-refractivity contribution in [2.75, 3.05) is 25.1 Å². The number of piperidine rings is 1. The zero-order valence-corrected chi connectivity index (χ0v) is 21.9. The van der Waals surface area contributed by atoms with Crippen LogP contribution in [-0.2, 0) is 9.53 Å². The molecule has 1 aliphatic carbocycles. The van der Waals surface area contributed by atoms with Gasteiger partial charge in [0, 0.05) is 34.1 Å². The molecule has 1 amide bonds. The zero-order valence-electron chi connectivity index (χ0n) is 20.9. The number of aliphatic carboxylic acids is 1. The van der Waals surface area contributed by atoms with E-state index >= 15 is 0 Å². The van der Waals surface area contributed by atoms with Crippen LogP contribution in [0.2, 0.25) is 0 Å². The van der Waals surface area contributed by atoms with Crippen molar-refractivity contribution >= 4 is 37.6 Å². The highest BCUT2D eigenvalue weighted by atomic mass is 31.1. The number of likely N-dealkylation sites (tertiary alicyclic amines) is 1. The molecule has 0 aromatic carbocycles. The SMILES string of the molecule is CPn1nc(N[C@@H]2CCCN(C(=O)OC(C)(C)C)C2)c2c(O[C@H]3CC[C@H](C(=O)O)CC3)ccnc21. The van der Waals surface area contributed by atoms with Gasteiger partial charge in [0.15, 0.2) is 11.5 Å². The van der Waals surface area contributed by atoms with E-state index in [1.165, 1.54) is 0 Å². The van der Waals surface area contributed by atoms with Crippen LogP contribution in [0.3, 0.4) is 0 Å². The summed E-state index contributed by atoms with van der Waals surface area (Å²) < 4.78 is 13.8. The van der Waals surface area contributed by atoms with Crippen LogP contribution in [-0.4, -0.2) is 74.1 Å². The lowest BCUT2D eigenvalue weighted by molar-refractivity contribution is -0.143. The van der Waals surface area contributed by atoms with E-state index in [1.54, 1.807) is 11.1 Å². The Morgan fingerprint density at radius 3 is 2.60 bits per heavy atom. The van der Waals surface area contributed by atoms with Crippen LogP contribution >= 0.6 is 8.73 Å². The first-order valence-electron chi connectivity index (χ1n) is 12.3. The predicted molar refractivity (Wildman–Crippen MR) is 136 cm³/mol. The molecular formula is C24H36N5O5P. The van der Waals surface area contributed by atoms with E-state index in [1.807, 2.05) is 38.0 Å². The minimum Gasteiger partial charge on any atom is -0.489 e. The number of amides is 1. The molecule has 0 spiro atoms. The van der Waals surface area contributed by atoms with Gasteiger partial charge in [-0.25, -0.2) is 14.2 Å². The second-order valence-corrected chi connectivity index (χ2v) is 11.2. The molecule has 0 radical (unpaired) electrons. The molecule has 0 bridgehead atoms. The van der Waals surface area contributed by atoms with Crippen molar-refractivity contribution in [3.8, 4) is 5.75 Å². The monoisotopic (exact) mass is 505 g/mol. The quantitative estimate of drug-likeness (QED) is 0.557. The summed E-state index contributed by atoms with van der Waals surface area (Å²) in [4.78, 5) is 30.2. The topological polar surface area (TPSA) is 119 Å². The maximum atomic E-state index is 12.6. The first-order chi connectivity index (χ1) is 16.6. The second kappa shape index (κ2) is 10.6. The standard InChI is InChI=1S/C24H36N5O5P/c1-24(2,3)34-23(32)28-13-5-6-16(14-28)26-20-19-18(11-12-25-21(19)29(27-20)35-4)33-17-9-7-15(8-10-17)22(30)31/h11-12,15-17,35H,5-10,13-14H2,1-4H3,(H,26,27)(H,30,31)/t15-,16-,17-/m1/s1. The van der Waals surface area contributed by atoms with Crippen LogP contribution in [0.25, 0.3) is 11.0 Å². The molecule has 2 N–H and O–H groups in total. The van der Waals surface area contributed by atoms with Gasteiger partial charge in [-0.2, -0.15) is 0 Å². The van der Waals surface area contributed by atoms with E-state index < -0.39 is 11.6 Å². The number of carbonyl (C=O) groups is 2. The summed E-state index contributed by atoms with van der Waals surface area (Å²) in [5.74, 6) is 0.403. The molecule has 2 atom stereocenters. The minimum atomic E-state index is -0.723. The number of carboxylic acids is 1. The van der Waals surface area contributed by atoms with E-state index in [2.05, 4.69) is 10.3 Å². The Morgan fingerprint density at radius 2 is 1.94 bits per heavy atom. The molecule has 10 nitrogen and oxygen atoms in total.